The number of likely N-dealkylation sites (tertiary alicyclic amines) is 1. The molecule has 1 aromatic heterocycles. The smallest absolute Gasteiger partial charge is 0.207 e. The zero-order valence-corrected chi connectivity index (χ0v) is 10.9. The van der Waals surface area contributed by atoms with Crippen LogP contribution in [0, 0.1) is 0 Å². The highest BCUT2D eigenvalue weighted by Gasteiger charge is 2.23. The standard InChI is InChI=1S/C12H19N3OS/c1-10-3-2-4-15(10)6-11(13-8-16)5-12-7-17-9-14-12/h7-11H,2-6H2,1H3,(H,13,16)/t10?,11-/m0/s1. The lowest BCUT2D eigenvalue weighted by molar-refractivity contribution is -0.110. The molecule has 1 fully saturated rings. The van der Waals surface area contributed by atoms with Crippen LogP contribution in [-0.2, 0) is 11.2 Å². The molecule has 2 rings (SSSR count). The average Bonchev–Trinajstić information content (AvgIpc) is 2.92. The first-order chi connectivity index (χ1) is 8.29. The summed E-state index contributed by atoms with van der Waals surface area (Å²) in [6.07, 6.45) is 4.17. The van der Waals surface area contributed by atoms with Crippen LogP contribution in [0.1, 0.15) is 25.5 Å². The number of hydrogen-bond acceptors (Lipinski definition) is 4. The molecule has 2 heterocycles. The van der Waals surface area contributed by atoms with E-state index < -0.39 is 0 Å². The quantitative estimate of drug-likeness (QED) is 0.777. The van der Waals surface area contributed by atoms with E-state index >= 15 is 0 Å². The summed E-state index contributed by atoms with van der Waals surface area (Å²) in [4.78, 5) is 17.4. The van der Waals surface area contributed by atoms with E-state index in [-0.39, 0.29) is 6.04 Å². The predicted molar refractivity (Wildman–Crippen MR) is 69.1 cm³/mol. The minimum absolute atomic E-state index is 0.176. The highest BCUT2D eigenvalue weighted by Crippen LogP contribution is 2.17. The van der Waals surface area contributed by atoms with Crippen molar-refractivity contribution in [2.45, 2.75) is 38.3 Å². The highest BCUT2D eigenvalue weighted by atomic mass is 32.1. The van der Waals surface area contributed by atoms with Crippen LogP contribution in [0.15, 0.2) is 10.9 Å². The molecule has 1 N–H and O–H groups in total. The van der Waals surface area contributed by atoms with E-state index in [1.54, 1.807) is 11.3 Å². The van der Waals surface area contributed by atoms with E-state index in [0.29, 0.717) is 6.04 Å². The van der Waals surface area contributed by atoms with Crippen LogP contribution in [0.4, 0.5) is 0 Å². The summed E-state index contributed by atoms with van der Waals surface area (Å²) in [5.41, 5.74) is 2.91. The molecule has 1 saturated heterocycles. The molecule has 0 spiro atoms. The van der Waals surface area contributed by atoms with Gasteiger partial charge in [-0.25, -0.2) is 4.98 Å². The molecular formula is C12H19N3OS. The van der Waals surface area contributed by atoms with E-state index in [4.69, 9.17) is 0 Å². The normalized spacial score (nSPS) is 22.5. The summed E-state index contributed by atoms with van der Waals surface area (Å²) < 4.78 is 0. The van der Waals surface area contributed by atoms with Gasteiger partial charge >= 0.3 is 0 Å². The van der Waals surface area contributed by atoms with Gasteiger partial charge in [-0.15, -0.1) is 11.3 Å². The summed E-state index contributed by atoms with van der Waals surface area (Å²) in [5, 5.41) is 4.96. The van der Waals surface area contributed by atoms with Gasteiger partial charge < -0.3 is 5.32 Å². The maximum atomic E-state index is 10.7. The molecule has 0 aliphatic carbocycles. The van der Waals surface area contributed by atoms with Gasteiger partial charge in [0.15, 0.2) is 0 Å². The van der Waals surface area contributed by atoms with Crippen molar-refractivity contribution < 1.29 is 4.79 Å². The summed E-state index contributed by atoms with van der Waals surface area (Å²) in [7, 11) is 0. The Labute approximate surface area is 106 Å². The molecule has 17 heavy (non-hydrogen) atoms. The number of nitrogens with one attached hydrogen (secondary N) is 1. The second-order valence-electron chi connectivity index (χ2n) is 4.65. The predicted octanol–water partition coefficient (Wildman–Crippen LogP) is 1.28. The van der Waals surface area contributed by atoms with Gasteiger partial charge in [-0.05, 0) is 26.3 Å². The van der Waals surface area contributed by atoms with Gasteiger partial charge in [-0.1, -0.05) is 0 Å². The monoisotopic (exact) mass is 253 g/mol. The highest BCUT2D eigenvalue weighted by molar-refractivity contribution is 7.07. The van der Waals surface area contributed by atoms with Crippen LogP contribution >= 0.6 is 11.3 Å². The van der Waals surface area contributed by atoms with Crippen LogP contribution in [0.3, 0.4) is 0 Å². The zero-order chi connectivity index (χ0) is 12.1. The maximum absolute atomic E-state index is 10.7. The van der Waals surface area contributed by atoms with Gasteiger partial charge in [0.05, 0.1) is 11.2 Å². The molecule has 0 aromatic carbocycles. The maximum Gasteiger partial charge on any atom is 0.207 e. The number of carbonyl (C=O) groups excluding carboxylic acids is 1. The topological polar surface area (TPSA) is 45.2 Å². The van der Waals surface area contributed by atoms with Gasteiger partial charge in [0.2, 0.25) is 6.41 Å². The van der Waals surface area contributed by atoms with Crippen LogP contribution in [-0.4, -0.2) is 41.5 Å². The van der Waals surface area contributed by atoms with Gasteiger partial charge in [-0.2, -0.15) is 0 Å². The van der Waals surface area contributed by atoms with E-state index in [0.717, 1.165) is 31.6 Å². The van der Waals surface area contributed by atoms with Gasteiger partial charge in [0.25, 0.3) is 0 Å². The number of thiazole rings is 1. The van der Waals surface area contributed by atoms with Crippen molar-refractivity contribution >= 4 is 17.7 Å². The molecule has 5 heteroatoms. The van der Waals surface area contributed by atoms with Crippen LogP contribution < -0.4 is 5.32 Å². The minimum Gasteiger partial charge on any atom is -0.354 e. The molecule has 2 atom stereocenters. The fraction of sp³-hybridized carbons (Fsp3) is 0.667. The number of nitrogens with zero attached hydrogens (tertiary/aromatic N) is 2. The zero-order valence-electron chi connectivity index (χ0n) is 10.1. The molecule has 4 nitrogen and oxygen atoms in total. The Morgan fingerprint density at radius 1 is 1.76 bits per heavy atom. The van der Waals surface area contributed by atoms with Crippen molar-refractivity contribution in [1.29, 1.82) is 0 Å². The minimum atomic E-state index is 0.176. The first-order valence-electron chi connectivity index (χ1n) is 6.10. The van der Waals surface area contributed by atoms with Crippen molar-refractivity contribution in [2.75, 3.05) is 13.1 Å². The third-order valence-electron chi connectivity index (χ3n) is 3.39. The largest absolute Gasteiger partial charge is 0.354 e. The second kappa shape index (κ2) is 6.12. The third kappa shape index (κ3) is 3.51. The summed E-state index contributed by atoms with van der Waals surface area (Å²) in [6.45, 7) is 4.33. The molecule has 0 radical (unpaired) electrons. The number of rotatable bonds is 6. The van der Waals surface area contributed by atoms with Gasteiger partial charge in [-0.3, -0.25) is 9.69 Å². The van der Waals surface area contributed by atoms with Crippen molar-refractivity contribution in [2.24, 2.45) is 0 Å². The van der Waals surface area contributed by atoms with Crippen LogP contribution in [0.5, 0.6) is 0 Å². The first-order valence-corrected chi connectivity index (χ1v) is 7.04. The number of hydrogen-bond donors (Lipinski definition) is 1. The van der Waals surface area contributed by atoms with Gasteiger partial charge in [0, 0.05) is 30.4 Å². The second-order valence-corrected chi connectivity index (χ2v) is 5.37. The number of aromatic nitrogens is 1. The van der Waals surface area contributed by atoms with Gasteiger partial charge in [0.1, 0.15) is 0 Å². The Kier molecular flexibility index (Phi) is 4.50. The Morgan fingerprint density at radius 3 is 3.24 bits per heavy atom. The number of amides is 1. The Morgan fingerprint density at radius 2 is 2.65 bits per heavy atom. The molecule has 1 aromatic rings. The van der Waals surface area contributed by atoms with E-state index in [9.17, 15) is 4.79 Å². The first kappa shape index (κ1) is 12.5. The van der Waals surface area contributed by atoms with E-state index in [2.05, 4.69) is 22.1 Å². The molecular weight excluding hydrogens is 234 g/mol. The summed E-state index contributed by atoms with van der Waals surface area (Å²) in [5.74, 6) is 0. The fourth-order valence-electron chi connectivity index (χ4n) is 2.41. The van der Waals surface area contributed by atoms with Crippen molar-refractivity contribution in [3.8, 4) is 0 Å². The van der Waals surface area contributed by atoms with Crippen LogP contribution in [0.2, 0.25) is 0 Å². The fourth-order valence-corrected chi connectivity index (χ4v) is 2.98. The summed E-state index contributed by atoms with van der Waals surface area (Å²) in [6, 6.07) is 0.816. The molecule has 1 amide bonds. The molecule has 0 saturated carbocycles. The third-order valence-corrected chi connectivity index (χ3v) is 4.02. The average molecular weight is 253 g/mol. The molecule has 94 valence electrons. The Balaban J connectivity index is 1.90. The lowest BCUT2D eigenvalue weighted by atomic mass is 10.1. The summed E-state index contributed by atoms with van der Waals surface area (Å²) >= 11 is 1.60. The van der Waals surface area contributed by atoms with E-state index in [1.807, 2.05) is 10.9 Å². The molecule has 1 aliphatic rings. The lowest BCUT2D eigenvalue weighted by Crippen LogP contribution is -2.43. The van der Waals surface area contributed by atoms with E-state index in [1.165, 1.54) is 12.8 Å². The molecule has 1 unspecified atom stereocenters. The Bertz CT molecular complexity index is 342. The SMILES string of the molecule is CC1CCCN1C[C@H](Cc1cscn1)NC=O. The molecule has 0 bridgehead atoms. The molecule has 1 aliphatic heterocycles. The van der Waals surface area contributed by atoms with Crippen molar-refractivity contribution in [3.05, 3.63) is 16.6 Å². The lowest BCUT2D eigenvalue weighted by Gasteiger charge is -2.26. The van der Waals surface area contributed by atoms with Crippen molar-refractivity contribution in [3.63, 3.8) is 0 Å². The van der Waals surface area contributed by atoms with Crippen molar-refractivity contribution in [1.82, 2.24) is 15.2 Å². The number of carbonyl (C=O) groups is 1. The van der Waals surface area contributed by atoms with Crippen LogP contribution in [0.25, 0.3) is 0 Å². The Hall–Kier alpha value is -0.940.